The van der Waals surface area contributed by atoms with Crippen molar-refractivity contribution in [2.24, 2.45) is 0 Å². The molecule has 69 heavy (non-hydrogen) atoms. The number of allylic oxidation sites excluding steroid dienone is 10. The topological polar surface area (TPSA) is 78.9 Å². The summed E-state index contributed by atoms with van der Waals surface area (Å²) in [5, 5.41) is 0. The maximum atomic E-state index is 12.9. The molecule has 6 heteroatoms. The van der Waals surface area contributed by atoms with Gasteiger partial charge in [-0.1, -0.05) is 255 Å². The van der Waals surface area contributed by atoms with Crippen LogP contribution in [-0.4, -0.2) is 37.2 Å². The number of hydrogen-bond acceptors (Lipinski definition) is 6. The third-order valence-electron chi connectivity index (χ3n) is 13.0. The molecular weight excluding hydrogens is 853 g/mol. The molecule has 0 fully saturated rings. The highest BCUT2D eigenvalue weighted by atomic mass is 16.6. The average molecular weight is 966 g/mol. The third-order valence-corrected chi connectivity index (χ3v) is 13.0. The summed E-state index contributed by atoms with van der Waals surface area (Å²) in [5.41, 5.74) is 0. The largest absolute Gasteiger partial charge is 0.462 e. The molecule has 0 aliphatic rings. The van der Waals surface area contributed by atoms with Gasteiger partial charge in [-0.3, -0.25) is 14.4 Å². The fourth-order valence-corrected chi connectivity index (χ4v) is 8.48. The highest BCUT2D eigenvalue weighted by Gasteiger charge is 2.19. The molecule has 0 unspecified atom stereocenters. The summed E-state index contributed by atoms with van der Waals surface area (Å²) >= 11 is 0. The van der Waals surface area contributed by atoms with Crippen molar-refractivity contribution in [2.75, 3.05) is 13.2 Å². The molecule has 1 atom stereocenters. The van der Waals surface area contributed by atoms with Gasteiger partial charge in [0.25, 0.3) is 0 Å². The van der Waals surface area contributed by atoms with Gasteiger partial charge in [-0.25, -0.2) is 0 Å². The number of hydrogen-bond donors (Lipinski definition) is 0. The molecule has 0 aromatic carbocycles. The first-order chi connectivity index (χ1) is 34.0. The first kappa shape index (κ1) is 66.1. The second-order valence-corrected chi connectivity index (χ2v) is 19.9. The second-order valence-electron chi connectivity index (χ2n) is 19.9. The van der Waals surface area contributed by atoms with Crippen molar-refractivity contribution >= 4 is 17.9 Å². The van der Waals surface area contributed by atoms with E-state index in [2.05, 4.69) is 81.5 Å². The fraction of sp³-hybridized carbons (Fsp3) is 0.794. The van der Waals surface area contributed by atoms with Crippen LogP contribution in [0.3, 0.4) is 0 Å². The number of carbonyl (C=O) groups is 3. The molecule has 0 rings (SSSR count). The first-order valence-corrected chi connectivity index (χ1v) is 29.8. The molecule has 0 bridgehead atoms. The second kappa shape index (κ2) is 57.7. The smallest absolute Gasteiger partial charge is 0.306 e. The Morgan fingerprint density at radius 1 is 0.290 bits per heavy atom. The van der Waals surface area contributed by atoms with Crippen molar-refractivity contribution < 1.29 is 28.6 Å². The number of rotatable bonds is 54. The van der Waals surface area contributed by atoms with Gasteiger partial charge in [-0.15, -0.1) is 0 Å². The molecule has 0 heterocycles. The summed E-state index contributed by atoms with van der Waals surface area (Å²) in [6.07, 6.45) is 72.0. The van der Waals surface area contributed by atoms with E-state index in [4.69, 9.17) is 14.2 Å². The quantitative estimate of drug-likeness (QED) is 0.0262. The summed E-state index contributed by atoms with van der Waals surface area (Å²) in [7, 11) is 0. The lowest BCUT2D eigenvalue weighted by atomic mass is 10.0. The van der Waals surface area contributed by atoms with E-state index in [1.807, 2.05) is 0 Å². The van der Waals surface area contributed by atoms with Crippen molar-refractivity contribution in [1.29, 1.82) is 0 Å². The van der Waals surface area contributed by atoms with Crippen LogP contribution in [0.2, 0.25) is 0 Å². The monoisotopic (exact) mass is 965 g/mol. The van der Waals surface area contributed by atoms with Crippen LogP contribution < -0.4 is 0 Å². The lowest BCUT2D eigenvalue weighted by molar-refractivity contribution is -0.167. The highest BCUT2D eigenvalue weighted by molar-refractivity contribution is 5.71. The maximum absolute atomic E-state index is 12.9. The van der Waals surface area contributed by atoms with Crippen molar-refractivity contribution in [3.8, 4) is 0 Å². The van der Waals surface area contributed by atoms with E-state index < -0.39 is 6.10 Å². The van der Waals surface area contributed by atoms with Crippen molar-refractivity contribution in [3.63, 3.8) is 0 Å². The van der Waals surface area contributed by atoms with E-state index in [0.717, 1.165) is 83.5 Å². The maximum Gasteiger partial charge on any atom is 0.306 e. The van der Waals surface area contributed by atoms with Crippen LogP contribution in [0.15, 0.2) is 60.8 Å². The fourth-order valence-electron chi connectivity index (χ4n) is 8.48. The van der Waals surface area contributed by atoms with Crippen LogP contribution in [-0.2, 0) is 28.6 Å². The Balaban J connectivity index is 4.37. The highest BCUT2D eigenvalue weighted by Crippen LogP contribution is 2.16. The third kappa shape index (κ3) is 55.9. The van der Waals surface area contributed by atoms with E-state index in [1.165, 1.54) is 180 Å². The van der Waals surface area contributed by atoms with Gasteiger partial charge in [0, 0.05) is 19.3 Å². The lowest BCUT2D eigenvalue weighted by Crippen LogP contribution is -2.30. The molecule has 0 spiro atoms. The van der Waals surface area contributed by atoms with Gasteiger partial charge in [0.05, 0.1) is 0 Å². The number of ether oxygens (including phenoxy) is 3. The van der Waals surface area contributed by atoms with Gasteiger partial charge in [-0.2, -0.15) is 0 Å². The molecule has 0 radical (unpaired) electrons. The van der Waals surface area contributed by atoms with Gasteiger partial charge in [0.2, 0.25) is 0 Å². The minimum atomic E-state index is -0.781. The molecular formula is C63H112O6. The van der Waals surface area contributed by atoms with E-state index >= 15 is 0 Å². The number of esters is 3. The van der Waals surface area contributed by atoms with Crippen LogP contribution in [0.1, 0.15) is 303 Å². The average Bonchev–Trinajstić information content (AvgIpc) is 3.35. The molecule has 0 amide bonds. The SMILES string of the molecule is CCCCC/C=C\C/C=C\C/C=C\CCCCCCCCC(=O)OC[C@@H](COC(=O)CCCCCCCCCCCCCCC)OC(=O)CCCCCCCCCCC/C=C\C/C=C\CCCCC. The van der Waals surface area contributed by atoms with E-state index in [1.54, 1.807) is 0 Å². The minimum Gasteiger partial charge on any atom is -0.462 e. The molecule has 0 aliphatic heterocycles. The summed E-state index contributed by atoms with van der Waals surface area (Å²) in [6, 6.07) is 0. The van der Waals surface area contributed by atoms with Gasteiger partial charge in [-0.05, 0) is 89.9 Å². The normalized spacial score (nSPS) is 12.4. The number of carbonyl (C=O) groups excluding carboxylic acids is 3. The van der Waals surface area contributed by atoms with Gasteiger partial charge < -0.3 is 14.2 Å². The summed E-state index contributed by atoms with van der Waals surface area (Å²) in [4.78, 5) is 38.2. The Labute approximate surface area is 428 Å². The molecule has 0 saturated heterocycles. The molecule has 400 valence electrons. The van der Waals surface area contributed by atoms with E-state index in [0.29, 0.717) is 19.3 Å². The first-order valence-electron chi connectivity index (χ1n) is 29.8. The molecule has 0 saturated carbocycles. The minimum absolute atomic E-state index is 0.0775. The van der Waals surface area contributed by atoms with Crippen molar-refractivity contribution in [2.45, 2.75) is 309 Å². The van der Waals surface area contributed by atoms with Gasteiger partial charge in [0.15, 0.2) is 6.10 Å². The molecule has 0 N–H and O–H groups in total. The van der Waals surface area contributed by atoms with Crippen LogP contribution in [0.4, 0.5) is 0 Å². The molecule has 0 aromatic rings. The zero-order valence-electron chi connectivity index (χ0n) is 45.8. The summed E-state index contributed by atoms with van der Waals surface area (Å²) in [5.74, 6) is -0.881. The predicted octanol–water partition coefficient (Wildman–Crippen LogP) is 20.0. The van der Waals surface area contributed by atoms with Gasteiger partial charge >= 0.3 is 17.9 Å². The predicted molar refractivity (Wildman–Crippen MR) is 298 cm³/mol. The Morgan fingerprint density at radius 2 is 0.522 bits per heavy atom. The molecule has 6 nitrogen and oxygen atoms in total. The summed E-state index contributed by atoms with van der Waals surface area (Å²) < 4.78 is 16.9. The van der Waals surface area contributed by atoms with Crippen LogP contribution in [0.5, 0.6) is 0 Å². The lowest BCUT2D eigenvalue weighted by Gasteiger charge is -2.18. The van der Waals surface area contributed by atoms with E-state index in [-0.39, 0.29) is 31.1 Å². The summed E-state index contributed by atoms with van der Waals surface area (Å²) in [6.45, 7) is 6.60. The Morgan fingerprint density at radius 3 is 0.841 bits per heavy atom. The van der Waals surface area contributed by atoms with Crippen LogP contribution in [0.25, 0.3) is 0 Å². The van der Waals surface area contributed by atoms with Crippen molar-refractivity contribution in [3.05, 3.63) is 60.8 Å². The number of unbranched alkanes of at least 4 members (excludes halogenated alkanes) is 33. The van der Waals surface area contributed by atoms with E-state index in [9.17, 15) is 14.4 Å². The Hall–Kier alpha value is -2.89. The zero-order valence-corrected chi connectivity index (χ0v) is 45.8. The van der Waals surface area contributed by atoms with Crippen LogP contribution >= 0.6 is 0 Å². The molecule has 0 aromatic heterocycles. The Kier molecular flexibility index (Phi) is 55.3. The van der Waals surface area contributed by atoms with Gasteiger partial charge in [0.1, 0.15) is 13.2 Å². The standard InChI is InChI=1S/C63H112O6/c1-4-7-10-13-16-19-22-25-27-29-31-33-35-38-41-44-47-50-53-56-62(65)68-59-60(58-67-61(64)55-52-49-46-43-40-37-24-21-18-15-12-9-6-3)69-63(66)57-54-51-48-45-42-39-36-34-32-30-28-26-23-20-17-14-11-8-5-2/h16-17,19-20,25-28,31,33,60H,4-15,18,21-24,29-30,32,34-59H2,1-3H3/b19-16-,20-17-,27-25-,28-26-,33-31-/t60-/m1/s1. The zero-order chi connectivity index (χ0) is 50.0. The Bertz CT molecular complexity index is 1250. The van der Waals surface area contributed by atoms with Crippen molar-refractivity contribution in [1.82, 2.24) is 0 Å². The van der Waals surface area contributed by atoms with Crippen LogP contribution in [0, 0.1) is 0 Å². The molecule has 0 aliphatic carbocycles.